The predicted octanol–water partition coefficient (Wildman–Crippen LogP) is 4.88. The smallest absolute Gasteiger partial charge is 0.141 e. The highest BCUT2D eigenvalue weighted by atomic mass is 127. The number of nitrogens with two attached hydrogens (primary N) is 1. The normalized spacial score (nSPS) is 12.1. The number of rotatable bonds is 4. The summed E-state index contributed by atoms with van der Waals surface area (Å²) in [5, 5.41) is 0. The zero-order valence-corrected chi connectivity index (χ0v) is 16.8. The van der Waals surface area contributed by atoms with Crippen LogP contribution in [0.25, 0.3) is 0 Å². The van der Waals surface area contributed by atoms with Crippen molar-refractivity contribution in [2.75, 3.05) is 14.2 Å². The molecule has 0 bridgehead atoms. The maximum atomic E-state index is 6.46. The van der Waals surface area contributed by atoms with Crippen LogP contribution in [0.2, 0.25) is 0 Å². The summed E-state index contributed by atoms with van der Waals surface area (Å²) in [5.41, 5.74) is 8.40. The Labute approximate surface area is 154 Å². The van der Waals surface area contributed by atoms with E-state index in [0.29, 0.717) is 11.5 Å². The minimum atomic E-state index is -0.286. The molecule has 0 aliphatic carbocycles. The predicted molar refractivity (Wildman–Crippen MR) is 100 cm³/mol. The van der Waals surface area contributed by atoms with Crippen LogP contribution in [0.4, 0.5) is 0 Å². The van der Waals surface area contributed by atoms with Gasteiger partial charge in [-0.05, 0) is 74.4 Å². The molecule has 0 spiro atoms. The van der Waals surface area contributed by atoms with Crippen molar-refractivity contribution in [3.8, 4) is 11.5 Å². The third-order valence-electron chi connectivity index (χ3n) is 3.14. The van der Waals surface area contributed by atoms with E-state index < -0.39 is 0 Å². The van der Waals surface area contributed by atoms with Crippen molar-refractivity contribution in [3.63, 3.8) is 0 Å². The first-order chi connectivity index (χ1) is 9.99. The average molecular weight is 527 g/mol. The fraction of sp³-hybridized carbons (Fsp3) is 0.200. The van der Waals surface area contributed by atoms with Crippen LogP contribution >= 0.6 is 54.5 Å². The van der Waals surface area contributed by atoms with Crippen molar-refractivity contribution in [2.24, 2.45) is 5.73 Å². The first-order valence-electron chi connectivity index (χ1n) is 6.10. The van der Waals surface area contributed by atoms with Crippen LogP contribution in [-0.2, 0) is 0 Å². The van der Waals surface area contributed by atoms with Gasteiger partial charge in [-0.1, -0.05) is 15.9 Å². The molecule has 0 aliphatic heterocycles. The zero-order chi connectivity index (χ0) is 15.6. The highest BCUT2D eigenvalue weighted by Crippen LogP contribution is 2.41. The molecule has 2 rings (SSSR count). The summed E-state index contributed by atoms with van der Waals surface area (Å²) >= 11 is 9.29. The minimum Gasteiger partial charge on any atom is -0.495 e. The maximum absolute atomic E-state index is 6.46. The molecule has 0 radical (unpaired) electrons. The Morgan fingerprint density at radius 3 is 2.38 bits per heavy atom. The molecular formula is C15H14Br2INO2. The molecule has 3 nitrogen and oxygen atoms in total. The highest BCUT2D eigenvalue weighted by molar-refractivity contribution is 14.1. The fourth-order valence-corrected chi connectivity index (χ4v) is 3.82. The van der Waals surface area contributed by atoms with Gasteiger partial charge in [-0.15, -0.1) is 0 Å². The molecule has 0 saturated carbocycles. The van der Waals surface area contributed by atoms with Crippen molar-refractivity contribution in [1.82, 2.24) is 0 Å². The van der Waals surface area contributed by atoms with E-state index >= 15 is 0 Å². The molecule has 6 heteroatoms. The summed E-state index contributed by atoms with van der Waals surface area (Å²) in [6.07, 6.45) is 0. The van der Waals surface area contributed by atoms with Gasteiger partial charge in [0.1, 0.15) is 16.0 Å². The molecule has 0 aromatic heterocycles. The summed E-state index contributed by atoms with van der Waals surface area (Å²) in [6, 6.07) is 9.59. The quantitative estimate of drug-likeness (QED) is 0.578. The van der Waals surface area contributed by atoms with E-state index in [9.17, 15) is 0 Å². The van der Waals surface area contributed by atoms with Gasteiger partial charge in [0, 0.05) is 13.6 Å². The molecule has 0 fully saturated rings. The first-order valence-corrected chi connectivity index (χ1v) is 8.77. The van der Waals surface area contributed by atoms with Gasteiger partial charge < -0.3 is 15.2 Å². The Bertz CT molecular complexity index is 664. The van der Waals surface area contributed by atoms with E-state index in [1.54, 1.807) is 14.2 Å². The van der Waals surface area contributed by atoms with Gasteiger partial charge >= 0.3 is 0 Å². The Kier molecular flexibility index (Phi) is 5.93. The molecule has 0 saturated heterocycles. The van der Waals surface area contributed by atoms with Crippen LogP contribution < -0.4 is 15.2 Å². The van der Waals surface area contributed by atoms with Crippen LogP contribution in [-0.4, -0.2) is 14.2 Å². The SMILES string of the molecule is COc1ccc(C(N)c2cc(Br)ccc2I)c(OC)c1Br. The Hall–Kier alpha value is -0.310. The lowest BCUT2D eigenvalue weighted by Gasteiger charge is -2.20. The number of halogens is 3. The largest absolute Gasteiger partial charge is 0.495 e. The third-order valence-corrected chi connectivity index (χ3v) is 5.37. The summed E-state index contributed by atoms with van der Waals surface area (Å²) in [4.78, 5) is 0. The summed E-state index contributed by atoms with van der Waals surface area (Å²) in [6.45, 7) is 0. The average Bonchev–Trinajstić information content (AvgIpc) is 2.48. The van der Waals surface area contributed by atoms with Crippen molar-refractivity contribution in [3.05, 3.63) is 54.0 Å². The highest BCUT2D eigenvalue weighted by Gasteiger charge is 2.20. The van der Waals surface area contributed by atoms with Crippen LogP contribution in [0, 0.1) is 3.57 Å². The summed E-state index contributed by atoms with van der Waals surface area (Å²) < 4.78 is 13.7. The van der Waals surface area contributed by atoms with Crippen molar-refractivity contribution in [1.29, 1.82) is 0 Å². The monoisotopic (exact) mass is 525 g/mol. The van der Waals surface area contributed by atoms with Crippen molar-refractivity contribution >= 4 is 54.5 Å². The molecule has 2 aromatic rings. The molecule has 1 atom stereocenters. The number of hydrogen-bond donors (Lipinski definition) is 1. The summed E-state index contributed by atoms with van der Waals surface area (Å²) in [7, 11) is 3.25. The third kappa shape index (κ3) is 3.55. The van der Waals surface area contributed by atoms with Gasteiger partial charge in [0.2, 0.25) is 0 Å². The van der Waals surface area contributed by atoms with E-state index in [0.717, 1.165) is 23.6 Å². The first kappa shape index (κ1) is 17.1. The van der Waals surface area contributed by atoms with E-state index in [2.05, 4.69) is 54.5 Å². The summed E-state index contributed by atoms with van der Waals surface area (Å²) in [5.74, 6) is 1.41. The second kappa shape index (κ2) is 7.30. The fourth-order valence-electron chi connectivity index (χ4n) is 2.08. The molecular weight excluding hydrogens is 513 g/mol. The van der Waals surface area contributed by atoms with Gasteiger partial charge in [-0.25, -0.2) is 0 Å². The van der Waals surface area contributed by atoms with Crippen LogP contribution in [0.5, 0.6) is 11.5 Å². The Morgan fingerprint density at radius 1 is 1.05 bits per heavy atom. The topological polar surface area (TPSA) is 44.5 Å². The standard InChI is InChI=1S/C15H14Br2INO2/c1-20-12-6-4-9(15(21-2)13(12)17)14(19)10-7-8(16)3-5-11(10)18/h3-7,14H,19H2,1-2H3. The molecule has 112 valence electrons. The molecule has 0 amide bonds. The van der Waals surface area contributed by atoms with E-state index in [1.165, 1.54) is 0 Å². The maximum Gasteiger partial charge on any atom is 0.141 e. The minimum absolute atomic E-state index is 0.286. The molecule has 2 N–H and O–H groups in total. The van der Waals surface area contributed by atoms with Crippen LogP contribution in [0.3, 0.4) is 0 Å². The second-order valence-corrected chi connectivity index (χ2v) is 7.22. The zero-order valence-electron chi connectivity index (χ0n) is 11.5. The number of hydrogen-bond acceptors (Lipinski definition) is 3. The van der Waals surface area contributed by atoms with Gasteiger partial charge in [0.15, 0.2) is 0 Å². The molecule has 2 aromatic carbocycles. The molecule has 0 heterocycles. The molecule has 0 aliphatic rings. The van der Waals surface area contributed by atoms with Gasteiger partial charge in [-0.2, -0.15) is 0 Å². The van der Waals surface area contributed by atoms with Crippen molar-refractivity contribution < 1.29 is 9.47 Å². The Morgan fingerprint density at radius 2 is 1.76 bits per heavy atom. The van der Waals surface area contributed by atoms with Crippen molar-refractivity contribution in [2.45, 2.75) is 6.04 Å². The van der Waals surface area contributed by atoms with E-state index in [4.69, 9.17) is 15.2 Å². The van der Waals surface area contributed by atoms with E-state index in [-0.39, 0.29) is 6.04 Å². The van der Waals surface area contributed by atoms with Crippen LogP contribution in [0.1, 0.15) is 17.2 Å². The lowest BCUT2D eigenvalue weighted by molar-refractivity contribution is 0.385. The number of benzene rings is 2. The number of ether oxygens (including phenoxy) is 2. The van der Waals surface area contributed by atoms with Gasteiger partial charge in [0.25, 0.3) is 0 Å². The Balaban J connectivity index is 2.55. The van der Waals surface area contributed by atoms with E-state index in [1.807, 2.05) is 30.3 Å². The second-order valence-electron chi connectivity index (χ2n) is 4.35. The molecule has 21 heavy (non-hydrogen) atoms. The van der Waals surface area contributed by atoms with Gasteiger partial charge in [0.05, 0.1) is 20.3 Å². The lowest BCUT2D eigenvalue weighted by atomic mass is 9.98. The van der Waals surface area contributed by atoms with Crippen LogP contribution in [0.15, 0.2) is 39.3 Å². The molecule has 1 unspecified atom stereocenters. The lowest BCUT2D eigenvalue weighted by Crippen LogP contribution is -2.15. The number of methoxy groups -OCH3 is 2. The van der Waals surface area contributed by atoms with Gasteiger partial charge in [-0.3, -0.25) is 0 Å².